The molecule has 0 aromatic rings. The summed E-state index contributed by atoms with van der Waals surface area (Å²) in [6.45, 7) is 14.4. The number of aliphatic carboxylic acids is 1. The van der Waals surface area contributed by atoms with E-state index in [4.69, 9.17) is 10.8 Å². The molecule has 0 radical (unpaired) electrons. The quantitative estimate of drug-likeness (QED) is 0.387. The normalized spacial score (nSPS) is 8.04. The lowest BCUT2D eigenvalue weighted by molar-refractivity contribution is -0.870. The average Bonchev–Trinajstić information content (AvgIpc) is 2.39. The van der Waals surface area contributed by atoms with Crippen molar-refractivity contribution in [1.82, 2.24) is 0 Å². The Labute approximate surface area is 151 Å². The zero-order valence-corrected chi connectivity index (χ0v) is 16.1. The molecule has 0 aliphatic rings. The summed E-state index contributed by atoms with van der Waals surface area (Å²) in [5, 5.41) is 7.60. The first kappa shape index (κ1) is 33.5. The van der Waals surface area contributed by atoms with E-state index in [1.807, 2.05) is 0 Å². The van der Waals surface area contributed by atoms with Crippen molar-refractivity contribution >= 4 is 17.8 Å². The van der Waals surface area contributed by atoms with E-state index in [1.54, 1.807) is 6.92 Å². The molecule has 0 bridgehead atoms. The van der Waals surface area contributed by atoms with Crippen molar-refractivity contribution in [1.29, 1.82) is 0 Å². The van der Waals surface area contributed by atoms with E-state index in [9.17, 15) is 14.4 Å². The first-order valence-electron chi connectivity index (χ1n) is 6.78. The van der Waals surface area contributed by atoms with Crippen LogP contribution in [0, 0.1) is 0 Å². The Hall–Kier alpha value is -2.12. The molecular weight excluding hydrogens is 334 g/mol. The minimum Gasteiger partial charge on any atom is -1.00 e. The molecule has 142 valence electrons. The van der Waals surface area contributed by atoms with Gasteiger partial charge in [-0.25, -0.2) is 4.79 Å². The summed E-state index contributed by atoms with van der Waals surface area (Å²) in [5.41, 5.74) is 9.63. The zero-order valence-electron chi connectivity index (χ0n) is 15.3. The summed E-state index contributed by atoms with van der Waals surface area (Å²) in [5.74, 6) is -1.90. The smallest absolute Gasteiger partial charge is 0.327 e. The molecule has 7 nitrogen and oxygen atoms in total. The van der Waals surface area contributed by atoms with Crippen LogP contribution in [0.25, 0.3) is 0 Å². The highest BCUT2D eigenvalue weighted by Gasteiger charge is 2.01. The molecule has 0 saturated carbocycles. The second kappa shape index (κ2) is 20.9. The molecule has 0 aliphatic heterocycles. The van der Waals surface area contributed by atoms with Crippen LogP contribution in [0.5, 0.6) is 0 Å². The molecule has 0 saturated heterocycles. The van der Waals surface area contributed by atoms with Gasteiger partial charge in [-0.3, -0.25) is 9.59 Å². The van der Waals surface area contributed by atoms with E-state index in [0.717, 1.165) is 16.6 Å². The first-order chi connectivity index (χ1) is 10.2. The van der Waals surface area contributed by atoms with Gasteiger partial charge in [0.1, 0.15) is 0 Å². The Balaban J connectivity index is -0.0000000666. The third kappa shape index (κ3) is 72.6. The number of quaternary nitrogens is 1. The van der Waals surface area contributed by atoms with Crippen molar-refractivity contribution in [3.63, 3.8) is 0 Å². The Morgan fingerprint density at radius 1 is 1.08 bits per heavy atom. The number of carbonyl (C=O) groups is 3. The predicted molar refractivity (Wildman–Crippen MR) is 94.4 cm³/mol. The molecule has 0 aliphatic carbocycles. The van der Waals surface area contributed by atoms with Gasteiger partial charge in [0, 0.05) is 11.6 Å². The van der Waals surface area contributed by atoms with E-state index in [-0.39, 0.29) is 12.4 Å². The second-order valence-electron chi connectivity index (χ2n) is 5.31. The number of hydrogen-bond donors (Lipinski definition) is 3. The van der Waals surface area contributed by atoms with Gasteiger partial charge in [-0.15, -0.1) is 0 Å². The van der Waals surface area contributed by atoms with E-state index in [1.165, 1.54) is 13.0 Å². The van der Waals surface area contributed by atoms with Crippen molar-refractivity contribution in [2.75, 3.05) is 27.7 Å². The largest absolute Gasteiger partial charge is 1.00 e. The minimum absolute atomic E-state index is 0. The molecule has 24 heavy (non-hydrogen) atoms. The molecule has 5 N–H and O–H groups in total. The number of hydrogen-bond acceptors (Lipinski definition) is 3. The lowest BCUT2D eigenvalue weighted by Crippen LogP contribution is -3.00. The summed E-state index contributed by atoms with van der Waals surface area (Å²) in [6, 6.07) is 0. The summed E-state index contributed by atoms with van der Waals surface area (Å²) >= 11 is 0. The number of amides is 2. The lowest BCUT2D eigenvalue weighted by Gasteiger charge is -2.22. The first-order valence-corrected chi connectivity index (χ1v) is 6.78. The van der Waals surface area contributed by atoms with Gasteiger partial charge in [-0.1, -0.05) is 26.7 Å². The van der Waals surface area contributed by atoms with Gasteiger partial charge in [0.15, 0.2) is 0 Å². The third-order valence-corrected chi connectivity index (χ3v) is 1.69. The van der Waals surface area contributed by atoms with Crippen LogP contribution >= 0.6 is 0 Å². The van der Waals surface area contributed by atoms with Crippen molar-refractivity contribution in [3.05, 3.63) is 37.5 Å². The highest BCUT2D eigenvalue weighted by Crippen LogP contribution is 1.90. The van der Waals surface area contributed by atoms with Crippen molar-refractivity contribution in [2.45, 2.75) is 20.3 Å². The van der Waals surface area contributed by atoms with Gasteiger partial charge >= 0.3 is 5.97 Å². The van der Waals surface area contributed by atoms with Crippen molar-refractivity contribution in [2.24, 2.45) is 11.5 Å². The second-order valence-corrected chi connectivity index (χ2v) is 5.31. The van der Waals surface area contributed by atoms with Gasteiger partial charge in [-0.05, 0) is 19.4 Å². The Morgan fingerprint density at radius 2 is 1.33 bits per heavy atom. The van der Waals surface area contributed by atoms with Crippen molar-refractivity contribution in [3.8, 4) is 0 Å². The number of carboxylic acids is 1. The molecule has 8 heteroatoms. The molecule has 2 amide bonds. The van der Waals surface area contributed by atoms with E-state index >= 15 is 0 Å². The van der Waals surface area contributed by atoms with Gasteiger partial charge in [0.2, 0.25) is 11.8 Å². The number of primary amides is 2. The van der Waals surface area contributed by atoms with Crippen LogP contribution in [0.3, 0.4) is 0 Å². The fourth-order valence-corrected chi connectivity index (χ4v) is 0.671. The van der Waals surface area contributed by atoms with E-state index < -0.39 is 17.8 Å². The molecular formula is C16H32ClN3O4. The molecule has 0 heterocycles. The van der Waals surface area contributed by atoms with Gasteiger partial charge < -0.3 is 33.5 Å². The number of halogens is 1. The Kier molecular flexibility index (Phi) is 29.1. The van der Waals surface area contributed by atoms with E-state index in [0.29, 0.717) is 5.57 Å². The molecule has 0 aromatic carbocycles. The third-order valence-electron chi connectivity index (χ3n) is 1.69. The van der Waals surface area contributed by atoms with E-state index in [2.05, 4.69) is 53.5 Å². The van der Waals surface area contributed by atoms with Crippen LogP contribution in [-0.4, -0.2) is 55.1 Å². The summed E-state index contributed by atoms with van der Waals surface area (Å²) < 4.78 is 1.09. The molecule has 0 spiro atoms. The summed E-state index contributed by atoms with van der Waals surface area (Å²) in [7, 11) is 6.64. The number of nitrogens with zero attached hydrogens (tertiary/aromatic N) is 1. The van der Waals surface area contributed by atoms with Crippen LogP contribution in [0.2, 0.25) is 0 Å². The fourth-order valence-electron chi connectivity index (χ4n) is 0.671. The fraction of sp³-hybridized carbons (Fsp3) is 0.438. The van der Waals surface area contributed by atoms with Crippen LogP contribution in [0.1, 0.15) is 20.3 Å². The van der Waals surface area contributed by atoms with Crippen molar-refractivity contribution < 1.29 is 36.4 Å². The topological polar surface area (TPSA) is 123 Å². The monoisotopic (exact) mass is 365 g/mol. The average molecular weight is 366 g/mol. The summed E-state index contributed by atoms with van der Waals surface area (Å²) in [6.07, 6.45) is 3.17. The molecule has 0 rings (SSSR count). The van der Waals surface area contributed by atoms with Crippen LogP contribution in [0.4, 0.5) is 0 Å². The number of carboxylic acid groups (broad SMARTS) is 1. The standard InChI is InChI=1S/C6H16N.C4H7NO.C3H5NO.C3H4O2.ClH/c1-5-6-7(2,3)4;1-3(2)4(5)6;2*1-2-3(4)5;/h5-6H2,1-4H3;1H2,2H3,(H2,5,6);2H,1H2,(H2,4,5);2H,1H2,(H,4,5);1H/q+1;;;;/p-1. The highest BCUT2D eigenvalue weighted by molar-refractivity contribution is 5.90. The number of nitrogens with two attached hydrogens (primary N) is 2. The maximum absolute atomic E-state index is 9.82. The molecule has 0 fully saturated rings. The van der Waals surface area contributed by atoms with Gasteiger partial charge in [-0.2, -0.15) is 0 Å². The SMILES string of the molecule is C=C(C)C(N)=O.C=CC(=O)O.C=CC(N)=O.CCC[N+](C)(C)C.[Cl-]. The molecule has 0 aromatic heterocycles. The lowest BCUT2D eigenvalue weighted by atomic mass is 10.3. The number of carbonyl (C=O) groups excluding carboxylic acids is 2. The Morgan fingerprint density at radius 3 is 1.33 bits per heavy atom. The Bertz CT molecular complexity index is 373. The van der Waals surface area contributed by atoms with Gasteiger partial charge in [0.25, 0.3) is 0 Å². The highest BCUT2D eigenvalue weighted by atomic mass is 35.5. The van der Waals surface area contributed by atoms with Crippen LogP contribution in [-0.2, 0) is 14.4 Å². The predicted octanol–water partition coefficient (Wildman–Crippen LogP) is -1.93. The maximum atomic E-state index is 9.82. The molecule has 0 unspecified atom stereocenters. The van der Waals surface area contributed by atoms with Crippen LogP contribution in [0.15, 0.2) is 37.5 Å². The summed E-state index contributed by atoms with van der Waals surface area (Å²) in [4.78, 5) is 28.5. The minimum atomic E-state index is -0.981. The zero-order chi connectivity index (χ0) is 19.6. The van der Waals surface area contributed by atoms with Gasteiger partial charge in [0.05, 0.1) is 27.7 Å². The molecule has 0 atom stereocenters. The van der Waals surface area contributed by atoms with Crippen LogP contribution < -0.4 is 23.9 Å². The maximum Gasteiger partial charge on any atom is 0.327 e. The number of rotatable bonds is 5.